The minimum absolute atomic E-state index is 0.0720. The van der Waals surface area contributed by atoms with Crippen molar-refractivity contribution in [3.05, 3.63) is 57.0 Å². The Balaban J connectivity index is 2.29. The quantitative estimate of drug-likeness (QED) is 0.539. The summed E-state index contributed by atoms with van der Waals surface area (Å²) < 4.78 is 6.17. The number of halogens is 2. The van der Waals surface area contributed by atoms with E-state index in [9.17, 15) is 15.2 Å². The Labute approximate surface area is 158 Å². The van der Waals surface area contributed by atoms with Gasteiger partial charge in [-0.3, -0.25) is 4.79 Å². The van der Waals surface area contributed by atoms with Gasteiger partial charge in [0.05, 0.1) is 11.6 Å². The normalized spacial score (nSPS) is 10.9. The second kappa shape index (κ2) is 8.56. The SMILES string of the molecule is CCOc1cc(/C=C(\C#N)C(=O)Nc2ccc(Br)cc2)cc(Cl)c1O. The second-order valence-electron chi connectivity index (χ2n) is 4.91. The zero-order valence-corrected chi connectivity index (χ0v) is 15.6. The van der Waals surface area contributed by atoms with Crippen LogP contribution in [0.25, 0.3) is 6.08 Å². The van der Waals surface area contributed by atoms with E-state index >= 15 is 0 Å². The molecule has 2 aromatic carbocycles. The zero-order valence-electron chi connectivity index (χ0n) is 13.2. The molecule has 0 aliphatic rings. The number of nitrogens with one attached hydrogen (secondary N) is 1. The van der Waals surface area contributed by atoms with E-state index in [2.05, 4.69) is 21.2 Å². The number of carbonyl (C=O) groups excluding carboxylic acids is 1. The van der Waals surface area contributed by atoms with Crippen LogP contribution in [0.5, 0.6) is 11.5 Å². The molecular weight excluding hydrogens is 408 g/mol. The molecular formula is C18H14BrClN2O3. The molecule has 0 atom stereocenters. The molecule has 0 radical (unpaired) electrons. The van der Waals surface area contributed by atoms with Crippen LogP contribution in [0.1, 0.15) is 12.5 Å². The van der Waals surface area contributed by atoms with Crippen molar-refractivity contribution in [1.29, 1.82) is 5.26 Å². The van der Waals surface area contributed by atoms with Gasteiger partial charge in [0.25, 0.3) is 5.91 Å². The number of benzene rings is 2. The fourth-order valence-electron chi connectivity index (χ4n) is 1.99. The van der Waals surface area contributed by atoms with Gasteiger partial charge in [0.1, 0.15) is 11.6 Å². The maximum Gasteiger partial charge on any atom is 0.266 e. The zero-order chi connectivity index (χ0) is 18.4. The van der Waals surface area contributed by atoms with Gasteiger partial charge in [-0.2, -0.15) is 5.26 Å². The number of anilines is 1. The van der Waals surface area contributed by atoms with Crippen LogP contribution < -0.4 is 10.1 Å². The first-order valence-electron chi connectivity index (χ1n) is 7.28. The summed E-state index contributed by atoms with van der Waals surface area (Å²) in [7, 11) is 0. The highest BCUT2D eigenvalue weighted by molar-refractivity contribution is 9.10. The highest BCUT2D eigenvalue weighted by Crippen LogP contribution is 2.35. The molecule has 2 N–H and O–H groups in total. The lowest BCUT2D eigenvalue weighted by molar-refractivity contribution is -0.112. The Morgan fingerprint density at radius 3 is 2.68 bits per heavy atom. The molecule has 128 valence electrons. The summed E-state index contributed by atoms with van der Waals surface area (Å²) in [4.78, 5) is 12.3. The molecule has 25 heavy (non-hydrogen) atoms. The molecule has 0 unspecified atom stereocenters. The topological polar surface area (TPSA) is 82.3 Å². The third-order valence-electron chi connectivity index (χ3n) is 3.13. The number of rotatable bonds is 5. The number of hydrogen-bond acceptors (Lipinski definition) is 4. The maximum absolute atomic E-state index is 12.3. The number of carbonyl (C=O) groups is 1. The van der Waals surface area contributed by atoms with Gasteiger partial charge in [0, 0.05) is 10.2 Å². The van der Waals surface area contributed by atoms with Gasteiger partial charge in [-0.1, -0.05) is 27.5 Å². The summed E-state index contributed by atoms with van der Waals surface area (Å²) in [5.74, 6) is -0.544. The Bertz CT molecular complexity index is 858. The number of nitriles is 1. The van der Waals surface area contributed by atoms with E-state index in [-0.39, 0.29) is 22.1 Å². The Kier molecular flexibility index (Phi) is 6.45. The number of phenolic OH excluding ortho intramolecular Hbond substituents is 1. The minimum Gasteiger partial charge on any atom is -0.503 e. The van der Waals surface area contributed by atoms with Gasteiger partial charge in [-0.05, 0) is 55.0 Å². The summed E-state index contributed by atoms with van der Waals surface area (Å²) in [6.07, 6.45) is 1.38. The van der Waals surface area contributed by atoms with Gasteiger partial charge in [0.15, 0.2) is 11.5 Å². The van der Waals surface area contributed by atoms with E-state index in [1.807, 2.05) is 6.07 Å². The fourth-order valence-corrected chi connectivity index (χ4v) is 2.47. The minimum atomic E-state index is -0.549. The fraction of sp³-hybridized carbons (Fsp3) is 0.111. The number of aromatic hydroxyl groups is 1. The van der Waals surface area contributed by atoms with Crippen LogP contribution in [0.2, 0.25) is 5.02 Å². The lowest BCUT2D eigenvalue weighted by Crippen LogP contribution is -2.13. The summed E-state index contributed by atoms with van der Waals surface area (Å²) in [6, 6.07) is 11.8. The number of hydrogen-bond donors (Lipinski definition) is 2. The standard InChI is InChI=1S/C18H14BrClN2O3/c1-2-25-16-9-11(8-15(20)17(16)23)7-12(10-21)18(24)22-14-5-3-13(19)4-6-14/h3-9,23H,2H2,1H3,(H,22,24)/b12-7+. The first-order valence-corrected chi connectivity index (χ1v) is 8.45. The smallest absolute Gasteiger partial charge is 0.266 e. The largest absolute Gasteiger partial charge is 0.503 e. The molecule has 5 nitrogen and oxygen atoms in total. The molecule has 0 bridgehead atoms. The highest BCUT2D eigenvalue weighted by Gasteiger charge is 2.13. The number of ether oxygens (including phenoxy) is 1. The lowest BCUT2D eigenvalue weighted by Gasteiger charge is -2.09. The van der Waals surface area contributed by atoms with Gasteiger partial charge in [0.2, 0.25) is 0 Å². The number of phenols is 1. The van der Waals surface area contributed by atoms with Crippen LogP contribution in [0.4, 0.5) is 5.69 Å². The van der Waals surface area contributed by atoms with Crippen LogP contribution in [-0.4, -0.2) is 17.6 Å². The lowest BCUT2D eigenvalue weighted by atomic mass is 10.1. The van der Waals surface area contributed by atoms with Crippen LogP contribution in [0.15, 0.2) is 46.4 Å². The maximum atomic E-state index is 12.3. The van der Waals surface area contributed by atoms with Crippen LogP contribution in [-0.2, 0) is 4.79 Å². The summed E-state index contributed by atoms with van der Waals surface area (Å²) in [5.41, 5.74) is 0.925. The Morgan fingerprint density at radius 1 is 1.40 bits per heavy atom. The van der Waals surface area contributed by atoms with Crippen molar-refractivity contribution in [2.24, 2.45) is 0 Å². The Morgan fingerprint density at radius 2 is 2.08 bits per heavy atom. The van der Waals surface area contributed by atoms with Crippen molar-refractivity contribution >= 4 is 45.2 Å². The second-order valence-corrected chi connectivity index (χ2v) is 6.24. The molecule has 0 saturated heterocycles. The van der Waals surface area contributed by atoms with Gasteiger partial charge < -0.3 is 15.2 Å². The molecule has 0 aromatic heterocycles. The predicted octanol–water partition coefficient (Wildman–Crippen LogP) is 4.75. The Hall–Kier alpha value is -2.49. The van der Waals surface area contributed by atoms with Crippen molar-refractivity contribution < 1.29 is 14.6 Å². The molecule has 0 heterocycles. The monoisotopic (exact) mass is 420 g/mol. The van der Waals surface area contributed by atoms with Crippen LogP contribution in [0, 0.1) is 11.3 Å². The molecule has 0 fully saturated rings. The van der Waals surface area contributed by atoms with E-state index in [0.29, 0.717) is 17.9 Å². The van der Waals surface area contributed by atoms with E-state index in [4.69, 9.17) is 16.3 Å². The number of amides is 1. The van der Waals surface area contributed by atoms with Crippen molar-refractivity contribution in [1.82, 2.24) is 0 Å². The molecule has 7 heteroatoms. The summed E-state index contributed by atoms with van der Waals surface area (Å²) in [6.45, 7) is 2.11. The van der Waals surface area contributed by atoms with E-state index in [1.165, 1.54) is 18.2 Å². The molecule has 0 aliphatic heterocycles. The first-order chi connectivity index (χ1) is 11.9. The molecule has 0 spiro atoms. The van der Waals surface area contributed by atoms with Crippen molar-refractivity contribution in [3.8, 4) is 17.6 Å². The third kappa shape index (κ3) is 4.99. The highest BCUT2D eigenvalue weighted by atomic mass is 79.9. The van der Waals surface area contributed by atoms with E-state index in [1.54, 1.807) is 31.2 Å². The van der Waals surface area contributed by atoms with E-state index in [0.717, 1.165) is 4.47 Å². The summed E-state index contributed by atoms with van der Waals surface area (Å²) >= 11 is 9.27. The molecule has 1 amide bonds. The van der Waals surface area contributed by atoms with Gasteiger partial charge in [-0.25, -0.2) is 0 Å². The third-order valence-corrected chi connectivity index (χ3v) is 3.95. The van der Waals surface area contributed by atoms with Gasteiger partial charge >= 0.3 is 0 Å². The summed E-state index contributed by atoms with van der Waals surface area (Å²) in [5, 5.41) is 21.8. The number of nitrogens with zero attached hydrogens (tertiary/aromatic N) is 1. The average Bonchev–Trinajstić information content (AvgIpc) is 2.59. The van der Waals surface area contributed by atoms with Crippen LogP contribution in [0.3, 0.4) is 0 Å². The van der Waals surface area contributed by atoms with E-state index < -0.39 is 5.91 Å². The molecule has 2 rings (SSSR count). The van der Waals surface area contributed by atoms with Crippen LogP contribution >= 0.6 is 27.5 Å². The average molecular weight is 422 g/mol. The molecule has 0 aliphatic carbocycles. The molecule has 0 saturated carbocycles. The van der Waals surface area contributed by atoms with Gasteiger partial charge in [-0.15, -0.1) is 0 Å². The van der Waals surface area contributed by atoms with Crippen molar-refractivity contribution in [2.75, 3.05) is 11.9 Å². The van der Waals surface area contributed by atoms with Crippen molar-refractivity contribution in [2.45, 2.75) is 6.92 Å². The molecule has 2 aromatic rings. The first kappa shape index (κ1) is 18.8. The van der Waals surface area contributed by atoms with Crippen molar-refractivity contribution in [3.63, 3.8) is 0 Å². The predicted molar refractivity (Wildman–Crippen MR) is 101 cm³/mol.